The van der Waals surface area contributed by atoms with Crippen molar-refractivity contribution in [3.63, 3.8) is 0 Å². The number of para-hydroxylation sites is 2. The summed E-state index contributed by atoms with van der Waals surface area (Å²) >= 11 is 0. The summed E-state index contributed by atoms with van der Waals surface area (Å²) in [4.78, 5) is 24.8. The average molecular weight is 456 g/mol. The molecule has 0 aliphatic carbocycles. The van der Waals surface area contributed by atoms with Gasteiger partial charge >= 0.3 is 0 Å². The van der Waals surface area contributed by atoms with Crippen LogP contribution in [0.1, 0.15) is 10.4 Å². The van der Waals surface area contributed by atoms with Crippen LogP contribution in [0.15, 0.2) is 89.7 Å². The number of carbonyl (C=O) groups is 1. The molecule has 34 heavy (non-hydrogen) atoms. The highest BCUT2D eigenvalue weighted by molar-refractivity contribution is 5.95. The summed E-state index contributed by atoms with van der Waals surface area (Å²) in [6.45, 7) is 0.870. The van der Waals surface area contributed by atoms with Gasteiger partial charge in [-0.15, -0.1) is 0 Å². The van der Waals surface area contributed by atoms with Gasteiger partial charge in [0.2, 0.25) is 0 Å². The molecule has 0 aliphatic rings. The van der Waals surface area contributed by atoms with E-state index in [9.17, 15) is 9.59 Å². The predicted molar refractivity (Wildman–Crippen MR) is 131 cm³/mol. The first-order valence-electron chi connectivity index (χ1n) is 10.8. The Kier molecular flexibility index (Phi) is 7.15. The summed E-state index contributed by atoms with van der Waals surface area (Å²) in [6, 6.07) is 25.7. The van der Waals surface area contributed by atoms with Gasteiger partial charge in [0, 0.05) is 43.5 Å². The maximum atomic E-state index is 12.5. The van der Waals surface area contributed by atoms with Crippen molar-refractivity contribution in [3.05, 3.63) is 101 Å². The van der Waals surface area contributed by atoms with Crippen LogP contribution in [0.2, 0.25) is 0 Å². The summed E-state index contributed by atoms with van der Waals surface area (Å²) in [5.41, 5.74) is 3.05. The quantitative estimate of drug-likeness (QED) is 0.401. The number of nitrogens with zero attached hydrogens (tertiary/aromatic N) is 2. The van der Waals surface area contributed by atoms with Gasteiger partial charge in [0.1, 0.15) is 17.2 Å². The van der Waals surface area contributed by atoms with Gasteiger partial charge in [-0.3, -0.25) is 9.59 Å². The SMILES string of the molecule is COCCNC(=O)c1ccc(-c2cc(=O)n(C)nc2-c2ccccc2Oc2ccccc2)cc1. The minimum absolute atomic E-state index is 0.187. The molecule has 0 fully saturated rings. The van der Waals surface area contributed by atoms with Crippen LogP contribution in [0.4, 0.5) is 0 Å². The van der Waals surface area contributed by atoms with Crippen molar-refractivity contribution in [2.24, 2.45) is 7.05 Å². The van der Waals surface area contributed by atoms with Gasteiger partial charge in [-0.1, -0.05) is 42.5 Å². The molecule has 3 aromatic carbocycles. The lowest BCUT2D eigenvalue weighted by molar-refractivity contribution is 0.0937. The second kappa shape index (κ2) is 10.6. The molecule has 0 bridgehead atoms. The molecule has 1 N–H and O–H groups in total. The van der Waals surface area contributed by atoms with E-state index in [-0.39, 0.29) is 11.5 Å². The van der Waals surface area contributed by atoms with Crippen LogP contribution in [0.5, 0.6) is 11.5 Å². The van der Waals surface area contributed by atoms with E-state index in [1.807, 2.05) is 66.7 Å². The third-order valence-electron chi connectivity index (χ3n) is 5.25. The lowest BCUT2D eigenvalue weighted by atomic mass is 9.98. The number of nitrogens with one attached hydrogen (secondary N) is 1. The first-order chi connectivity index (χ1) is 16.6. The van der Waals surface area contributed by atoms with Crippen LogP contribution in [0, 0.1) is 0 Å². The highest BCUT2D eigenvalue weighted by Crippen LogP contribution is 2.37. The summed E-state index contributed by atoms with van der Waals surface area (Å²) in [6.07, 6.45) is 0. The number of benzene rings is 3. The molecular weight excluding hydrogens is 430 g/mol. The molecule has 1 aromatic heterocycles. The number of hydrogen-bond acceptors (Lipinski definition) is 5. The Labute approximate surface area is 197 Å². The van der Waals surface area contributed by atoms with Crippen molar-refractivity contribution in [1.29, 1.82) is 0 Å². The van der Waals surface area contributed by atoms with Crippen LogP contribution in [-0.2, 0) is 11.8 Å². The number of carbonyl (C=O) groups excluding carboxylic acids is 1. The van der Waals surface area contributed by atoms with Gasteiger partial charge in [0.05, 0.1) is 6.61 Å². The molecule has 1 heterocycles. The van der Waals surface area contributed by atoms with Crippen molar-refractivity contribution < 1.29 is 14.3 Å². The van der Waals surface area contributed by atoms with Crippen molar-refractivity contribution in [3.8, 4) is 33.9 Å². The minimum atomic E-state index is -0.235. The van der Waals surface area contributed by atoms with Crippen molar-refractivity contribution >= 4 is 5.91 Å². The molecule has 0 radical (unpaired) electrons. The molecule has 7 nitrogen and oxygen atoms in total. The largest absolute Gasteiger partial charge is 0.457 e. The molecular formula is C27H25N3O4. The molecule has 0 saturated carbocycles. The maximum Gasteiger partial charge on any atom is 0.267 e. The van der Waals surface area contributed by atoms with Crippen LogP contribution < -0.4 is 15.6 Å². The van der Waals surface area contributed by atoms with E-state index in [2.05, 4.69) is 10.4 Å². The molecule has 1 amide bonds. The minimum Gasteiger partial charge on any atom is -0.457 e. The molecule has 7 heteroatoms. The van der Waals surface area contributed by atoms with E-state index in [1.54, 1.807) is 32.4 Å². The Morgan fingerprint density at radius 1 is 0.941 bits per heavy atom. The van der Waals surface area contributed by atoms with Crippen LogP contribution >= 0.6 is 0 Å². The van der Waals surface area contributed by atoms with Crippen LogP contribution in [0.3, 0.4) is 0 Å². The van der Waals surface area contributed by atoms with Crippen LogP contribution in [0.25, 0.3) is 22.4 Å². The zero-order valence-corrected chi connectivity index (χ0v) is 19.0. The summed E-state index contributed by atoms with van der Waals surface area (Å²) in [5.74, 6) is 1.13. The van der Waals surface area contributed by atoms with Gasteiger partial charge < -0.3 is 14.8 Å². The van der Waals surface area contributed by atoms with E-state index in [1.165, 1.54) is 4.68 Å². The van der Waals surface area contributed by atoms with Gasteiger partial charge in [0.15, 0.2) is 0 Å². The first-order valence-corrected chi connectivity index (χ1v) is 10.8. The van der Waals surface area contributed by atoms with Crippen LogP contribution in [-0.4, -0.2) is 35.9 Å². The van der Waals surface area contributed by atoms with E-state index < -0.39 is 0 Å². The zero-order chi connectivity index (χ0) is 23.9. The maximum absolute atomic E-state index is 12.5. The average Bonchev–Trinajstić information content (AvgIpc) is 2.87. The Bertz CT molecular complexity index is 1330. The van der Waals surface area contributed by atoms with E-state index in [4.69, 9.17) is 9.47 Å². The summed E-state index contributed by atoms with van der Waals surface area (Å²) < 4.78 is 12.4. The van der Waals surface area contributed by atoms with Crippen molar-refractivity contribution in [1.82, 2.24) is 15.1 Å². The van der Waals surface area contributed by atoms with E-state index >= 15 is 0 Å². The third-order valence-corrected chi connectivity index (χ3v) is 5.25. The number of aromatic nitrogens is 2. The number of aryl methyl sites for hydroxylation is 1. The smallest absolute Gasteiger partial charge is 0.267 e. The van der Waals surface area contributed by atoms with Gasteiger partial charge in [-0.2, -0.15) is 5.10 Å². The monoisotopic (exact) mass is 455 g/mol. The highest BCUT2D eigenvalue weighted by Gasteiger charge is 2.17. The number of rotatable bonds is 8. The van der Waals surface area contributed by atoms with E-state index in [0.29, 0.717) is 41.5 Å². The summed E-state index contributed by atoms with van der Waals surface area (Å²) in [5, 5.41) is 7.36. The second-order valence-corrected chi connectivity index (χ2v) is 7.61. The molecule has 0 aliphatic heterocycles. The first kappa shape index (κ1) is 22.9. The van der Waals surface area contributed by atoms with E-state index in [0.717, 1.165) is 11.1 Å². The topological polar surface area (TPSA) is 82.5 Å². The van der Waals surface area contributed by atoms with Gasteiger partial charge in [0.25, 0.3) is 11.5 Å². The Morgan fingerprint density at radius 2 is 1.65 bits per heavy atom. The molecule has 4 rings (SSSR count). The van der Waals surface area contributed by atoms with Crippen molar-refractivity contribution in [2.45, 2.75) is 0 Å². The summed E-state index contributed by atoms with van der Waals surface area (Å²) in [7, 11) is 3.20. The normalized spacial score (nSPS) is 10.6. The second-order valence-electron chi connectivity index (χ2n) is 7.61. The number of methoxy groups -OCH3 is 1. The molecule has 0 atom stereocenters. The Hall–Kier alpha value is -4.23. The zero-order valence-electron chi connectivity index (χ0n) is 19.0. The standard InChI is InChI=1S/C27H25N3O4/c1-30-25(31)18-23(19-12-14-20(15-13-19)27(32)28-16-17-33-2)26(29-30)22-10-6-7-11-24(22)34-21-8-4-3-5-9-21/h3-15,18H,16-17H2,1-2H3,(H,28,32). The van der Waals surface area contributed by atoms with Crippen molar-refractivity contribution in [2.75, 3.05) is 20.3 Å². The van der Waals surface area contributed by atoms with Gasteiger partial charge in [-0.05, 0) is 42.0 Å². The number of hydrogen-bond donors (Lipinski definition) is 1. The fourth-order valence-corrected chi connectivity index (χ4v) is 3.49. The Balaban J connectivity index is 1.73. The number of amides is 1. The lowest BCUT2D eigenvalue weighted by Crippen LogP contribution is -2.26. The molecule has 0 unspecified atom stereocenters. The lowest BCUT2D eigenvalue weighted by Gasteiger charge is -2.15. The molecule has 4 aromatic rings. The fraction of sp³-hybridized carbons (Fsp3) is 0.148. The highest BCUT2D eigenvalue weighted by atomic mass is 16.5. The predicted octanol–water partition coefficient (Wildman–Crippen LogP) is 4.28. The van der Waals surface area contributed by atoms with Gasteiger partial charge in [-0.25, -0.2) is 4.68 Å². The molecule has 172 valence electrons. The fourth-order valence-electron chi connectivity index (χ4n) is 3.49. The Morgan fingerprint density at radius 3 is 2.38 bits per heavy atom. The number of ether oxygens (including phenoxy) is 2. The molecule has 0 saturated heterocycles. The third kappa shape index (κ3) is 5.22. The molecule has 0 spiro atoms.